The predicted molar refractivity (Wildman–Crippen MR) is 230 cm³/mol. The van der Waals surface area contributed by atoms with Crippen molar-refractivity contribution >= 4 is 52.7 Å². The quantitative estimate of drug-likeness (QED) is 0.164. The summed E-state index contributed by atoms with van der Waals surface area (Å²) in [5.74, 6) is -0.0510. The van der Waals surface area contributed by atoms with Crippen molar-refractivity contribution < 1.29 is 19.1 Å². The summed E-state index contributed by atoms with van der Waals surface area (Å²) in [5, 5.41) is 13.5. The Morgan fingerprint density at radius 1 is 0.881 bits per heavy atom. The molecule has 2 aromatic carbocycles. The van der Waals surface area contributed by atoms with Crippen molar-refractivity contribution in [2.45, 2.75) is 103 Å². The Hall–Kier alpha value is -4.03. The number of anilines is 1. The molecule has 0 saturated heterocycles. The first kappa shape index (κ1) is 40.4. The van der Waals surface area contributed by atoms with Crippen LogP contribution in [0.3, 0.4) is 0 Å². The highest BCUT2D eigenvalue weighted by molar-refractivity contribution is 6.39. The van der Waals surface area contributed by atoms with Crippen LogP contribution < -0.4 is 5.32 Å². The van der Waals surface area contributed by atoms with Gasteiger partial charge in [0.25, 0.3) is 5.91 Å². The summed E-state index contributed by atoms with van der Waals surface area (Å²) in [6, 6.07) is 11.4. The van der Waals surface area contributed by atoms with Gasteiger partial charge in [-0.2, -0.15) is 0 Å². The minimum atomic E-state index is -0.626. The molecule has 4 heterocycles. The molecule has 0 radical (unpaired) electrons. The lowest BCUT2D eigenvalue weighted by Crippen LogP contribution is -2.41. The Labute approximate surface area is 355 Å². The van der Waals surface area contributed by atoms with Crippen molar-refractivity contribution in [3.05, 3.63) is 86.4 Å². The van der Waals surface area contributed by atoms with Crippen LogP contribution >= 0.6 is 23.2 Å². The summed E-state index contributed by atoms with van der Waals surface area (Å²) >= 11 is 14.0. The SMILES string of the molecule is CC1CCC(N2CCc3c(nc(/C(F)=C/c4cccc(-c5cccc(NC(=O)c6nc7c(n6C)CCN(CCC68CCC(C(=O)O)(CC6)C8)C7)c5Cl)c4Cl)n3C)C2)CC1. The molecule has 3 saturated carbocycles. The molecule has 3 aliphatic carbocycles. The van der Waals surface area contributed by atoms with Crippen LogP contribution in [0.4, 0.5) is 10.1 Å². The van der Waals surface area contributed by atoms with Crippen LogP contribution in [0, 0.1) is 16.7 Å². The molecule has 0 atom stereocenters. The second kappa shape index (κ2) is 15.8. The number of aromatic nitrogens is 4. The summed E-state index contributed by atoms with van der Waals surface area (Å²) in [7, 11) is 3.76. The lowest BCUT2D eigenvalue weighted by molar-refractivity contribution is -0.148. The smallest absolute Gasteiger partial charge is 0.309 e. The number of carboxylic acids is 1. The minimum absolute atomic E-state index is 0.134. The molecule has 2 aliphatic heterocycles. The molecule has 0 spiro atoms. The second-order valence-corrected chi connectivity index (χ2v) is 19.0. The van der Waals surface area contributed by atoms with E-state index in [-0.39, 0.29) is 11.3 Å². The Morgan fingerprint density at radius 2 is 1.53 bits per heavy atom. The van der Waals surface area contributed by atoms with Crippen LogP contribution in [0.5, 0.6) is 0 Å². The van der Waals surface area contributed by atoms with E-state index in [9.17, 15) is 14.7 Å². The van der Waals surface area contributed by atoms with Crippen molar-refractivity contribution in [3.8, 4) is 11.1 Å². The van der Waals surface area contributed by atoms with Gasteiger partial charge in [0, 0.05) is 81.7 Å². The van der Waals surface area contributed by atoms with Crippen LogP contribution in [-0.4, -0.2) is 71.6 Å². The Kier molecular flexibility index (Phi) is 10.8. The van der Waals surface area contributed by atoms with Crippen molar-refractivity contribution in [1.29, 1.82) is 0 Å². The number of carbonyl (C=O) groups is 2. The number of aliphatic carboxylic acids is 1. The molecule has 2 N–H and O–H groups in total. The largest absolute Gasteiger partial charge is 0.481 e. The molecule has 2 aromatic heterocycles. The van der Waals surface area contributed by atoms with Crippen molar-refractivity contribution in [2.75, 3.05) is 25.0 Å². The monoisotopic (exact) mass is 841 g/mol. The molecule has 3 fully saturated rings. The molecule has 312 valence electrons. The minimum Gasteiger partial charge on any atom is -0.481 e. The molecule has 59 heavy (non-hydrogen) atoms. The third-order valence-corrected chi connectivity index (χ3v) is 15.6. The van der Waals surface area contributed by atoms with Gasteiger partial charge in [0.2, 0.25) is 0 Å². The highest BCUT2D eigenvalue weighted by atomic mass is 35.5. The maximum Gasteiger partial charge on any atom is 0.309 e. The first-order valence-corrected chi connectivity index (χ1v) is 22.1. The van der Waals surface area contributed by atoms with Crippen molar-refractivity contribution in [3.63, 3.8) is 0 Å². The maximum absolute atomic E-state index is 16.1. The lowest BCUT2D eigenvalue weighted by atomic mass is 9.80. The van der Waals surface area contributed by atoms with E-state index in [0.29, 0.717) is 56.7 Å². The molecular formula is C46H54Cl2FN7O3. The lowest BCUT2D eigenvalue weighted by Gasteiger charge is -2.38. The van der Waals surface area contributed by atoms with Crippen molar-refractivity contribution in [2.24, 2.45) is 30.8 Å². The summed E-state index contributed by atoms with van der Waals surface area (Å²) < 4.78 is 19.9. The van der Waals surface area contributed by atoms with E-state index < -0.39 is 17.2 Å². The number of benzene rings is 2. The number of rotatable bonds is 10. The topological polar surface area (TPSA) is 109 Å². The highest BCUT2D eigenvalue weighted by Crippen LogP contribution is 2.63. The number of nitrogens with one attached hydrogen (secondary N) is 1. The van der Waals surface area contributed by atoms with Crippen LogP contribution in [0.1, 0.15) is 116 Å². The number of nitrogens with zero attached hydrogens (tertiary/aromatic N) is 6. The number of carboxylic acid groups (broad SMARTS) is 1. The van der Waals surface area contributed by atoms with Gasteiger partial charge in [-0.15, -0.1) is 0 Å². The number of carbonyl (C=O) groups excluding carboxylic acids is 1. The van der Waals surface area contributed by atoms with Gasteiger partial charge in [-0.3, -0.25) is 19.4 Å². The van der Waals surface area contributed by atoms with E-state index in [1.165, 1.54) is 31.8 Å². The first-order valence-electron chi connectivity index (χ1n) is 21.4. The van der Waals surface area contributed by atoms with Gasteiger partial charge in [0.15, 0.2) is 17.5 Å². The molecule has 9 rings (SSSR count). The third kappa shape index (κ3) is 7.44. The van der Waals surface area contributed by atoms with Gasteiger partial charge in [0.1, 0.15) is 0 Å². The zero-order valence-corrected chi connectivity index (χ0v) is 35.8. The number of imidazole rings is 2. The average Bonchev–Trinajstić information content (AvgIpc) is 3.99. The molecule has 10 nitrogen and oxygen atoms in total. The zero-order chi connectivity index (χ0) is 41.2. The normalized spacial score (nSPS) is 25.9. The predicted octanol–water partition coefficient (Wildman–Crippen LogP) is 9.57. The molecule has 2 bridgehead atoms. The van der Waals surface area contributed by atoms with Gasteiger partial charge in [0.05, 0.1) is 32.5 Å². The Bertz CT molecular complexity index is 2340. The van der Waals surface area contributed by atoms with Gasteiger partial charge < -0.3 is 19.6 Å². The van der Waals surface area contributed by atoms with E-state index in [1.54, 1.807) is 12.1 Å². The van der Waals surface area contributed by atoms with Gasteiger partial charge in [-0.05, 0) is 99.8 Å². The highest BCUT2D eigenvalue weighted by Gasteiger charge is 2.57. The Morgan fingerprint density at radius 3 is 2.24 bits per heavy atom. The fourth-order valence-electron chi connectivity index (χ4n) is 11.1. The second-order valence-electron chi connectivity index (χ2n) is 18.3. The number of fused-ring (bicyclic) bond motifs is 4. The van der Waals surface area contributed by atoms with E-state index in [0.717, 1.165) is 106 Å². The fraction of sp³-hybridized carbons (Fsp3) is 0.522. The summed E-state index contributed by atoms with van der Waals surface area (Å²) in [6.07, 6.45) is 13.4. The fourth-order valence-corrected chi connectivity index (χ4v) is 11.7. The van der Waals surface area contributed by atoms with E-state index in [4.69, 9.17) is 33.2 Å². The van der Waals surface area contributed by atoms with Crippen LogP contribution in [0.2, 0.25) is 10.0 Å². The Balaban J connectivity index is 0.879. The number of amides is 1. The third-order valence-electron chi connectivity index (χ3n) is 14.8. The molecule has 13 heteroatoms. The molecule has 5 aliphatic rings. The van der Waals surface area contributed by atoms with Gasteiger partial charge >= 0.3 is 5.97 Å². The average molecular weight is 843 g/mol. The van der Waals surface area contributed by atoms with E-state index >= 15 is 4.39 Å². The van der Waals surface area contributed by atoms with Crippen LogP contribution in [0.15, 0.2) is 36.4 Å². The summed E-state index contributed by atoms with van der Waals surface area (Å²) in [6.45, 7) is 6.46. The molecule has 0 unspecified atom stereocenters. The number of halogens is 3. The first-order chi connectivity index (χ1) is 28.3. The van der Waals surface area contributed by atoms with Crippen LogP contribution in [0.25, 0.3) is 23.0 Å². The maximum atomic E-state index is 16.1. The van der Waals surface area contributed by atoms with Crippen LogP contribution in [-0.2, 0) is 44.8 Å². The van der Waals surface area contributed by atoms with E-state index in [2.05, 4.69) is 22.0 Å². The number of hydrogen-bond acceptors (Lipinski definition) is 6. The van der Waals surface area contributed by atoms with Gasteiger partial charge in [-0.25, -0.2) is 14.4 Å². The zero-order valence-electron chi connectivity index (χ0n) is 34.3. The summed E-state index contributed by atoms with van der Waals surface area (Å²) in [4.78, 5) is 40.3. The van der Waals surface area contributed by atoms with Crippen molar-refractivity contribution in [1.82, 2.24) is 28.9 Å². The molecule has 1 amide bonds. The number of hydrogen-bond donors (Lipinski definition) is 2. The van der Waals surface area contributed by atoms with Gasteiger partial charge in [-0.1, -0.05) is 60.5 Å². The molecular weight excluding hydrogens is 788 g/mol. The molecule has 4 aromatic rings. The summed E-state index contributed by atoms with van der Waals surface area (Å²) in [5.41, 5.74) is 5.73. The standard InChI is InChI=1S/C46H54Cl2FN7O3/c1-28-10-12-30(13-11-28)56-22-15-38-36(26-56)50-41(53(38)2)33(49)24-29-6-4-7-31(39(29)47)32-8-5-9-34(40(32)48)52-43(57)42-51-35-25-55(21-14-37(35)54(42)3)23-20-45-16-18-46(27-45,19-17-45)44(58)59/h4-9,24,28,30H,10-23,25-27H2,1-3H3,(H,52,57)(H,58,59)/b33-24-. The van der Waals surface area contributed by atoms with E-state index in [1.807, 2.05) is 47.5 Å².